The third kappa shape index (κ3) is 3.65. The van der Waals surface area contributed by atoms with Crippen LogP contribution in [0.1, 0.15) is 119 Å². The summed E-state index contributed by atoms with van der Waals surface area (Å²) >= 11 is 0. The van der Waals surface area contributed by atoms with E-state index in [4.69, 9.17) is 0 Å². The van der Waals surface area contributed by atoms with Crippen LogP contribution in [0.4, 0.5) is 0 Å². The fraction of sp³-hybridized carbons (Fsp3) is 1.00. The molecule has 0 aromatic carbocycles. The Morgan fingerprint density at radius 1 is 0.724 bits per heavy atom. The van der Waals surface area contributed by atoms with Crippen LogP contribution in [-0.2, 0) is 0 Å². The van der Waals surface area contributed by atoms with E-state index in [-0.39, 0.29) is 0 Å². The Kier molecular flexibility index (Phi) is 6.25. The number of rotatable bonds is 5. The molecular formula is C29H52. The van der Waals surface area contributed by atoms with Crippen molar-refractivity contribution in [2.24, 2.45) is 64.1 Å². The van der Waals surface area contributed by atoms with Crippen molar-refractivity contribution in [3.8, 4) is 0 Å². The van der Waals surface area contributed by atoms with Gasteiger partial charge in [0.1, 0.15) is 0 Å². The lowest BCUT2D eigenvalue weighted by Crippen LogP contribution is -2.54. The van der Waals surface area contributed by atoms with Crippen LogP contribution >= 0.6 is 0 Å². The lowest BCUT2D eigenvalue weighted by molar-refractivity contribution is -0.127. The van der Waals surface area contributed by atoms with E-state index in [1.54, 1.807) is 38.5 Å². The summed E-state index contributed by atoms with van der Waals surface area (Å²) in [6.45, 7) is 18.0. The molecule has 0 heteroatoms. The summed E-state index contributed by atoms with van der Waals surface area (Å²) in [6.07, 6.45) is 16.8. The van der Waals surface area contributed by atoms with Gasteiger partial charge in [-0.15, -0.1) is 0 Å². The van der Waals surface area contributed by atoms with Crippen molar-refractivity contribution >= 4 is 0 Å². The molecule has 0 amide bonds. The van der Waals surface area contributed by atoms with E-state index >= 15 is 0 Å². The molecule has 0 aliphatic heterocycles. The van der Waals surface area contributed by atoms with Crippen LogP contribution in [-0.4, -0.2) is 0 Å². The van der Waals surface area contributed by atoms with Gasteiger partial charge in [0.2, 0.25) is 0 Å². The van der Waals surface area contributed by atoms with Gasteiger partial charge in [-0.1, -0.05) is 74.1 Å². The number of fused-ring (bicyclic) bond motifs is 5. The van der Waals surface area contributed by atoms with Gasteiger partial charge in [-0.25, -0.2) is 0 Å². The zero-order valence-corrected chi connectivity index (χ0v) is 21.0. The van der Waals surface area contributed by atoms with Gasteiger partial charge in [0.15, 0.2) is 0 Å². The lowest BCUT2D eigenvalue weighted by Gasteiger charge is -2.62. The molecule has 0 bridgehead atoms. The lowest BCUT2D eigenvalue weighted by atomic mass is 9.43. The van der Waals surface area contributed by atoms with E-state index < -0.39 is 0 Å². The summed E-state index contributed by atoms with van der Waals surface area (Å²) < 4.78 is 0. The SMILES string of the molecule is CC1CCC[C@@]2(C)C1CC[C@H]1[C@@H]3CC[C@H]([C@H](C)CC[C@H](C)C(C)C)[C@@]3(C)CC[C@@H]12. The smallest absolute Gasteiger partial charge is 0.0264 e. The van der Waals surface area contributed by atoms with Crippen molar-refractivity contribution in [3.63, 3.8) is 0 Å². The second-order valence-electron chi connectivity index (χ2n) is 13.4. The summed E-state index contributed by atoms with van der Waals surface area (Å²) in [7, 11) is 0. The van der Waals surface area contributed by atoms with E-state index in [2.05, 4.69) is 48.5 Å². The van der Waals surface area contributed by atoms with Gasteiger partial charge >= 0.3 is 0 Å². The van der Waals surface area contributed by atoms with Crippen LogP contribution < -0.4 is 0 Å². The molecule has 4 saturated carbocycles. The fourth-order valence-electron chi connectivity index (χ4n) is 9.83. The molecular weight excluding hydrogens is 348 g/mol. The second kappa shape index (κ2) is 8.16. The number of hydrogen-bond donors (Lipinski definition) is 0. The topological polar surface area (TPSA) is 0 Å². The van der Waals surface area contributed by atoms with E-state index in [0.29, 0.717) is 10.8 Å². The molecule has 4 aliphatic carbocycles. The normalized spacial score (nSPS) is 49.2. The maximum absolute atomic E-state index is 2.76. The zero-order chi connectivity index (χ0) is 21.0. The zero-order valence-electron chi connectivity index (χ0n) is 21.0. The fourth-order valence-corrected chi connectivity index (χ4v) is 9.83. The molecule has 2 unspecified atom stereocenters. The molecule has 29 heavy (non-hydrogen) atoms. The Morgan fingerprint density at radius 2 is 1.41 bits per heavy atom. The molecule has 10 atom stereocenters. The highest BCUT2D eigenvalue weighted by Gasteiger charge is 2.60. The molecule has 4 rings (SSSR count). The highest BCUT2D eigenvalue weighted by Crippen LogP contribution is 2.68. The largest absolute Gasteiger partial charge is 0.0625 e. The van der Waals surface area contributed by atoms with Crippen LogP contribution in [0.5, 0.6) is 0 Å². The van der Waals surface area contributed by atoms with Crippen molar-refractivity contribution in [2.75, 3.05) is 0 Å². The Labute approximate surface area is 183 Å². The minimum absolute atomic E-state index is 0.658. The van der Waals surface area contributed by atoms with Gasteiger partial charge in [-0.05, 0) is 109 Å². The van der Waals surface area contributed by atoms with Crippen LogP contribution in [0.25, 0.3) is 0 Å². The molecule has 0 spiro atoms. The predicted molar refractivity (Wildman–Crippen MR) is 127 cm³/mol. The molecule has 0 N–H and O–H groups in total. The predicted octanol–water partition coefficient (Wildman–Crippen LogP) is 8.99. The first-order valence-corrected chi connectivity index (χ1v) is 13.7. The van der Waals surface area contributed by atoms with E-state index in [1.165, 1.54) is 32.1 Å². The van der Waals surface area contributed by atoms with Gasteiger partial charge < -0.3 is 0 Å². The van der Waals surface area contributed by atoms with Crippen LogP contribution in [0.3, 0.4) is 0 Å². The van der Waals surface area contributed by atoms with Gasteiger partial charge in [-0.2, -0.15) is 0 Å². The summed E-state index contributed by atoms with van der Waals surface area (Å²) in [5.41, 5.74) is 1.34. The minimum atomic E-state index is 0.658. The van der Waals surface area contributed by atoms with E-state index in [0.717, 1.165) is 53.3 Å². The maximum Gasteiger partial charge on any atom is -0.0264 e. The molecule has 0 aromatic heterocycles. The van der Waals surface area contributed by atoms with Crippen molar-refractivity contribution in [1.82, 2.24) is 0 Å². The van der Waals surface area contributed by atoms with Crippen LogP contribution in [0.15, 0.2) is 0 Å². The quantitative estimate of drug-likeness (QED) is 0.432. The van der Waals surface area contributed by atoms with Crippen molar-refractivity contribution in [1.29, 1.82) is 0 Å². The highest BCUT2D eigenvalue weighted by atomic mass is 14.7. The Morgan fingerprint density at radius 3 is 2.14 bits per heavy atom. The molecule has 0 heterocycles. The maximum atomic E-state index is 2.76. The molecule has 4 aliphatic rings. The average Bonchev–Trinajstić information content (AvgIpc) is 3.03. The monoisotopic (exact) mass is 400 g/mol. The average molecular weight is 401 g/mol. The molecule has 168 valence electrons. The first-order chi connectivity index (χ1) is 13.7. The van der Waals surface area contributed by atoms with Crippen LogP contribution in [0.2, 0.25) is 0 Å². The van der Waals surface area contributed by atoms with E-state index in [1.807, 2.05) is 0 Å². The first-order valence-electron chi connectivity index (χ1n) is 13.7. The van der Waals surface area contributed by atoms with Crippen LogP contribution in [0, 0.1) is 64.1 Å². The first kappa shape index (κ1) is 22.2. The molecule has 0 saturated heterocycles. The molecule has 0 nitrogen and oxygen atoms in total. The van der Waals surface area contributed by atoms with Gasteiger partial charge in [0, 0.05) is 0 Å². The summed E-state index contributed by atoms with van der Waals surface area (Å²) in [4.78, 5) is 0. The standard InChI is InChI=1S/C29H52/c1-19(2)20(3)10-11-22(5)25-14-15-26-23-12-13-24-21(4)9-8-17-28(24,6)27(23)16-18-29(25,26)7/h19-27H,8-18H2,1-7H3/t20-,21?,22+,23-,24?,25+,26-,27-,28-,29+/m0/s1. The molecule has 0 aromatic rings. The van der Waals surface area contributed by atoms with Gasteiger partial charge in [0.25, 0.3) is 0 Å². The van der Waals surface area contributed by atoms with Gasteiger partial charge in [-0.3, -0.25) is 0 Å². The van der Waals surface area contributed by atoms with Crippen molar-refractivity contribution < 1.29 is 0 Å². The highest BCUT2D eigenvalue weighted by molar-refractivity contribution is 5.09. The Hall–Kier alpha value is 0. The van der Waals surface area contributed by atoms with Gasteiger partial charge in [0.05, 0.1) is 0 Å². The molecule has 4 fully saturated rings. The Balaban J connectivity index is 1.47. The second-order valence-corrected chi connectivity index (χ2v) is 13.4. The molecule has 0 radical (unpaired) electrons. The minimum Gasteiger partial charge on any atom is -0.0625 e. The van der Waals surface area contributed by atoms with Crippen molar-refractivity contribution in [3.05, 3.63) is 0 Å². The number of hydrogen-bond acceptors (Lipinski definition) is 0. The third-order valence-corrected chi connectivity index (χ3v) is 12.0. The Bertz CT molecular complexity index is 562. The van der Waals surface area contributed by atoms with Crippen molar-refractivity contribution in [2.45, 2.75) is 119 Å². The summed E-state index contributed by atoms with van der Waals surface area (Å²) in [5.74, 6) is 8.86. The summed E-state index contributed by atoms with van der Waals surface area (Å²) in [6, 6.07) is 0. The summed E-state index contributed by atoms with van der Waals surface area (Å²) in [5, 5.41) is 0. The third-order valence-electron chi connectivity index (χ3n) is 12.0. The van der Waals surface area contributed by atoms with E-state index in [9.17, 15) is 0 Å².